The summed E-state index contributed by atoms with van der Waals surface area (Å²) < 4.78 is 6.55. The van der Waals surface area contributed by atoms with Crippen LogP contribution in [0.1, 0.15) is 0 Å². The van der Waals surface area contributed by atoms with Gasteiger partial charge in [-0.15, -0.1) is 0 Å². The highest BCUT2D eigenvalue weighted by molar-refractivity contribution is 6.77. The molecule has 51 heavy (non-hydrogen) atoms. The van der Waals surface area contributed by atoms with Crippen molar-refractivity contribution in [3.63, 3.8) is 0 Å². The summed E-state index contributed by atoms with van der Waals surface area (Å²) >= 11 is 0. The Morgan fingerprint density at radius 2 is 0.941 bits per heavy atom. The van der Waals surface area contributed by atoms with Crippen LogP contribution in [0.2, 0.25) is 0 Å². The molecule has 0 spiro atoms. The van der Waals surface area contributed by atoms with Gasteiger partial charge in [-0.2, -0.15) is 0 Å². The zero-order chi connectivity index (χ0) is 33.7. The Bertz CT molecular complexity index is 2530. The molecule has 3 heterocycles. The minimum atomic E-state index is -0.193. The molecule has 0 unspecified atom stereocenters. The van der Waals surface area contributed by atoms with Crippen LogP contribution in [-0.4, -0.2) is 17.0 Å². The van der Waals surface area contributed by atoms with Gasteiger partial charge in [0.05, 0.1) is 17.1 Å². The van der Waals surface area contributed by atoms with Gasteiger partial charge in [0.1, 0.15) is 5.75 Å². The van der Waals surface area contributed by atoms with E-state index in [0.29, 0.717) is 5.82 Å². The molecule has 8 aromatic rings. The molecule has 0 N–H and O–H groups in total. The van der Waals surface area contributed by atoms with E-state index in [2.05, 4.69) is 144 Å². The van der Waals surface area contributed by atoms with Crippen molar-refractivity contribution in [2.75, 3.05) is 4.81 Å². The number of nitrogens with zero attached hydrogens (tertiary/aromatic N) is 3. The summed E-state index contributed by atoms with van der Waals surface area (Å²) in [6, 6.07) is 63.8. The third kappa shape index (κ3) is 5.10. The van der Waals surface area contributed by atoms with Crippen LogP contribution in [0, 0.1) is 0 Å². The van der Waals surface area contributed by atoms with Crippen LogP contribution in [-0.2, 0) is 0 Å². The molecular formula is C46H30BN3O. The van der Waals surface area contributed by atoms with Crippen LogP contribution in [0.3, 0.4) is 0 Å². The van der Waals surface area contributed by atoms with Gasteiger partial charge in [-0.05, 0) is 75.7 Å². The highest BCUT2D eigenvalue weighted by Gasteiger charge is 2.44. The summed E-state index contributed by atoms with van der Waals surface area (Å²) in [5.74, 6) is 1.63. The maximum absolute atomic E-state index is 6.55. The number of hydrogen-bond acceptors (Lipinski definition) is 4. The van der Waals surface area contributed by atoms with Crippen molar-refractivity contribution in [3.8, 4) is 73.0 Å². The second kappa shape index (κ2) is 12.0. The monoisotopic (exact) mass is 651 g/mol. The van der Waals surface area contributed by atoms with Gasteiger partial charge in [-0.1, -0.05) is 140 Å². The fourth-order valence-electron chi connectivity index (χ4n) is 7.41. The quantitative estimate of drug-likeness (QED) is 0.174. The zero-order valence-electron chi connectivity index (χ0n) is 27.6. The van der Waals surface area contributed by atoms with Gasteiger partial charge >= 0.3 is 7.05 Å². The summed E-state index contributed by atoms with van der Waals surface area (Å²) in [6.45, 7) is 0. The first-order chi connectivity index (χ1) is 25.3. The first-order valence-corrected chi connectivity index (χ1v) is 17.3. The zero-order valence-corrected chi connectivity index (χ0v) is 27.6. The molecule has 1 aromatic heterocycles. The second-order valence-corrected chi connectivity index (χ2v) is 13.0. The highest BCUT2D eigenvalue weighted by atomic mass is 16.5. The van der Waals surface area contributed by atoms with Crippen molar-refractivity contribution in [3.05, 3.63) is 182 Å². The third-order valence-electron chi connectivity index (χ3n) is 9.89. The number of anilines is 2. The molecule has 0 aliphatic carbocycles. The fraction of sp³-hybridized carbons (Fsp3) is 0. The molecule has 0 amide bonds. The molecule has 5 heteroatoms. The van der Waals surface area contributed by atoms with Crippen LogP contribution in [0.5, 0.6) is 5.75 Å². The lowest BCUT2D eigenvalue weighted by Crippen LogP contribution is -2.50. The Labute approximate surface area is 297 Å². The SMILES string of the molecule is c1ccc(-c2cc(-c3cccc(-c4cccc(-c5ccc6c(c5)-c5ccccc5N5B6Oc6ccccc65)c4)c3)nc(-c3ccccc3)n2)cc1. The molecule has 7 aromatic carbocycles. The van der Waals surface area contributed by atoms with E-state index in [9.17, 15) is 0 Å². The molecule has 0 saturated carbocycles. The Balaban J connectivity index is 1.03. The second-order valence-electron chi connectivity index (χ2n) is 13.0. The van der Waals surface area contributed by atoms with Gasteiger partial charge in [0.25, 0.3) is 0 Å². The normalized spacial score (nSPS) is 12.4. The van der Waals surface area contributed by atoms with E-state index in [4.69, 9.17) is 14.6 Å². The van der Waals surface area contributed by atoms with E-state index in [-0.39, 0.29) is 7.05 Å². The van der Waals surface area contributed by atoms with E-state index < -0.39 is 0 Å². The molecule has 0 fully saturated rings. The van der Waals surface area contributed by atoms with Gasteiger partial charge in [-0.3, -0.25) is 0 Å². The summed E-state index contributed by atoms with van der Waals surface area (Å²) in [7, 11) is -0.193. The van der Waals surface area contributed by atoms with Gasteiger partial charge in [0, 0.05) is 27.9 Å². The topological polar surface area (TPSA) is 38.2 Å². The van der Waals surface area contributed by atoms with E-state index >= 15 is 0 Å². The van der Waals surface area contributed by atoms with Crippen molar-refractivity contribution < 1.29 is 4.65 Å². The molecule has 2 aliphatic heterocycles. The predicted octanol–water partition coefficient (Wildman–Crippen LogP) is 10.7. The largest absolute Gasteiger partial charge is 0.536 e. The Kier molecular flexibility index (Phi) is 6.88. The smallest absolute Gasteiger partial charge is 0.524 e. The minimum absolute atomic E-state index is 0.193. The molecule has 0 bridgehead atoms. The van der Waals surface area contributed by atoms with Crippen LogP contribution in [0.15, 0.2) is 182 Å². The van der Waals surface area contributed by atoms with Crippen molar-refractivity contribution in [1.82, 2.24) is 9.97 Å². The van der Waals surface area contributed by atoms with Crippen molar-refractivity contribution in [2.24, 2.45) is 0 Å². The number of aromatic nitrogens is 2. The third-order valence-corrected chi connectivity index (χ3v) is 9.89. The molecule has 0 atom stereocenters. The van der Waals surface area contributed by atoms with Gasteiger partial charge in [0.15, 0.2) is 5.82 Å². The van der Waals surface area contributed by atoms with Crippen molar-refractivity contribution >= 4 is 23.9 Å². The standard InChI is InChI=1S/C46H30BN3O/c1-3-13-31(14-4-1)41-30-42(49-46(48-41)32-15-5-2-6-16-32)37-20-12-19-35(28-37)33-17-11-18-34(27-33)36-25-26-40-39(29-36)38-21-7-8-22-43(38)50-44-23-9-10-24-45(44)51-47(40)50/h1-30H. The fourth-order valence-corrected chi connectivity index (χ4v) is 7.41. The molecule has 238 valence electrons. The van der Waals surface area contributed by atoms with Gasteiger partial charge in [-0.25, -0.2) is 9.97 Å². The molecule has 0 radical (unpaired) electrons. The molecular weight excluding hydrogens is 621 g/mol. The average molecular weight is 652 g/mol. The lowest BCUT2D eigenvalue weighted by atomic mass is 9.64. The van der Waals surface area contributed by atoms with E-state index in [1.54, 1.807) is 0 Å². The van der Waals surface area contributed by atoms with E-state index in [1.807, 2.05) is 42.5 Å². The highest BCUT2D eigenvalue weighted by Crippen LogP contribution is 2.47. The number of fused-ring (bicyclic) bond motifs is 8. The average Bonchev–Trinajstić information content (AvgIpc) is 3.62. The van der Waals surface area contributed by atoms with Crippen LogP contribution in [0.25, 0.3) is 67.3 Å². The van der Waals surface area contributed by atoms with Gasteiger partial charge in [0.2, 0.25) is 0 Å². The molecule has 4 nitrogen and oxygen atoms in total. The Morgan fingerprint density at radius 1 is 0.392 bits per heavy atom. The summed E-state index contributed by atoms with van der Waals surface area (Å²) in [5.41, 5.74) is 15.4. The first kappa shape index (κ1) is 29.2. The van der Waals surface area contributed by atoms with Crippen molar-refractivity contribution in [1.29, 1.82) is 0 Å². The lowest BCUT2D eigenvalue weighted by Gasteiger charge is -2.31. The Morgan fingerprint density at radius 3 is 1.69 bits per heavy atom. The maximum atomic E-state index is 6.55. The van der Waals surface area contributed by atoms with Crippen LogP contribution >= 0.6 is 0 Å². The predicted molar refractivity (Wildman–Crippen MR) is 209 cm³/mol. The van der Waals surface area contributed by atoms with Crippen molar-refractivity contribution in [2.45, 2.75) is 0 Å². The molecule has 2 aliphatic rings. The van der Waals surface area contributed by atoms with Crippen LogP contribution < -0.4 is 14.9 Å². The van der Waals surface area contributed by atoms with Gasteiger partial charge < -0.3 is 9.47 Å². The van der Waals surface area contributed by atoms with E-state index in [1.165, 1.54) is 27.8 Å². The number of hydrogen-bond donors (Lipinski definition) is 0. The van der Waals surface area contributed by atoms with Crippen LogP contribution in [0.4, 0.5) is 11.4 Å². The maximum Gasteiger partial charge on any atom is 0.524 e. The molecule has 0 saturated heterocycles. The summed E-state index contributed by atoms with van der Waals surface area (Å²) in [6.07, 6.45) is 0. The lowest BCUT2D eigenvalue weighted by molar-refractivity contribution is 0.603. The number of benzene rings is 7. The summed E-state index contributed by atoms with van der Waals surface area (Å²) in [5, 5.41) is 0. The first-order valence-electron chi connectivity index (χ1n) is 17.3. The molecule has 10 rings (SSSR count). The van der Waals surface area contributed by atoms with E-state index in [0.717, 1.165) is 56.2 Å². The summed E-state index contributed by atoms with van der Waals surface area (Å²) in [4.78, 5) is 12.4. The number of para-hydroxylation sites is 3. The Hall–Kier alpha value is -6.72. The minimum Gasteiger partial charge on any atom is -0.536 e. The number of rotatable bonds is 5.